The van der Waals surface area contributed by atoms with Gasteiger partial charge < -0.3 is 10.2 Å². The minimum absolute atomic E-state index is 0.0529. The molecule has 0 radical (unpaired) electrons. The molecule has 0 aliphatic carbocycles. The normalized spacial score (nSPS) is 14.0. The van der Waals surface area contributed by atoms with Crippen LogP contribution in [0.25, 0.3) is 16.9 Å². The lowest BCUT2D eigenvalue weighted by Gasteiger charge is -2.28. The number of aryl methyl sites for hydroxylation is 1. The van der Waals surface area contributed by atoms with Crippen molar-refractivity contribution in [2.75, 3.05) is 32.7 Å². The van der Waals surface area contributed by atoms with E-state index in [2.05, 4.69) is 5.32 Å². The molecule has 11 heteroatoms. The zero-order chi connectivity index (χ0) is 29.0. The summed E-state index contributed by atoms with van der Waals surface area (Å²) in [5.74, 6) is -0.241. The highest BCUT2D eigenvalue weighted by Crippen LogP contribution is 2.29. The van der Waals surface area contributed by atoms with Crippen LogP contribution < -0.4 is 11.0 Å². The fraction of sp³-hybridized carbons (Fsp3) is 0.267. The second kappa shape index (κ2) is 12.4. The number of carbonyl (C=O) groups excluding carboxylic acids is 1. The standard InChI is InChI=1S/C30H32ClN5O4S/c1-23-11-8-9-16-26(23)36-27(24-12-4-2-5-13-24)28(29(37)33-21-17-32-18-22-33)34(30(36)38)19-10-20-35(31)41(39,40)25-14-6-3-7-15-25/h2-9,11-16,32H,10,17-22H2,1H3. The van der Waals surface area contributed by atoms with Crippen LogP contribution in [0, 0.1) is 6.92 Å². The van der Waals surface area contributed by atoms with Crippen molar-refractivity contribution in [3.8, 4) is 16.9 Å². The highest BCUT2D eigenvalue weighted by atomic mass is 35.5. The number of sulfonamides is 1. The molecular weight excluding hydrogens is 562 g/mol. The Morgan fingerprint density at radius 1 is 0.927 bits per heavy atom. The second-order valence-electron chi connectivity index (χ2n) is 9.84. The smallest absolute Gasteiger partial charge is 0.333 e. The zero-order valence-electron chi connectivity index (χ0n) is 22.7. The Morgan fingerprint density at radius 3 is 2.20 bits per heavy atom. The van der Waals surface area contributed by atoms with Gasteiger partial charge in [-0.1, -0.05) is 66.7 Å². The van der Waals surface area contributed by atoms with E-state index in [4.69, 9.17) is 11.8 Å². The van der Waals surface area contributed by atoms with E-state index >= 15 is 0 Å². The zero-order valence-corrected chi connectivity index (χ0v) is 24.3. The molecule has 1 aliphatic rings. The lowest BCUT2D eigenvalue weighted by atomic mass is 10.1. The summed E-state index contributed by atoms with van der Waals surface area (Å²) in [6.07, 6.45) is 0.212. The Labute approximate surface area is 244 Å². The number of halogens is 1. The predicted molar refractivity (Wildman–Crippen MR) is 160 cm³/mol. The first-order valence-electron chi connectivity index (χ1n) is 13.5. The third-order valence-electron chi connectivity index (χ3n) is 7.17. The van der Waals surface area contributed by atoms with Crippen LogP contribution in [0.2, 0.25) is 0 Å². The van der Waals surface area contributed by atoms with Gasteiger partial charge in [-0.25, -0.2) is 13.2 Å². The molecule has 1 saturated heterocycles. The Hall–Kier alpha value is -3.70. The first-order valence-corrected chi connectivity index (χ1v) is 15.3. The van der Waals surface area contributed by atoms with Crippen LogP contribution >= 0.6 is 11.8 Å². The van der Waals surface area contributed by atoms with Gasteiger partial charge in [0.05, 0.1) is 16.3 Å². The molecule has 1 aromatic heterocycles. The second-order valence-corrected chi connectivity index (χ2v) is 12.3. The van der Waals surface area contributed by atoms with Gasteiger partial charge >= 0.3 is 5.69 Å². The maximum absolute atomic E-state index is 14.2. The monoisotopic (exact) mass is 593 g/mol. The van der Waals surface area contributed by atoms with E-state index in [-0.39, 0.29) is 41.7 Å². The molecule has 0 bridgehead atoms. The summed E-state index contributed by atoms with van der Waals surface area (Å²) < 4.78 is 29.7. The highest BCUT2D eigenvalue weighted by Gasteiger charge is 2.31. The number of hydrogen-bond donors (Lipinski definition) is 1. The third-order valence-corrected chi connectivity index (χ3v) is 9.45. The van der Waals surface area contributed by atoms with Gasteiger partial charge in [-0.2, -0.15) is 0 Å². The largest absolute Gasteiger partial charge is 0.335 e. The molecule has 0 atom stereocenters. The van der Waals surface area contributed by atoms with Gasteiger partial charge in [0.2, 0.25) is 0 Å². The van der Waals surface area contributed by atoms with E-state index in [1.165, 1.54) is 16.7 Å². The molecule has 41 heavy (non-hydrogen) atoms. The van der Waals surface area contributed by atoms with E-state index < -0.39 is 10.0 Å². The SMILES string of the molecule is Cc1ccccc1-n1c(-c2ccccc2)c(C(=O)N2CCNCC2)n(CCCN(Cl)S(=O)(=O)c2ccccc2)c1=O. The van der Waals surface area contributed by atoms with E-state index in [9.17, 15) is 18.0 Å². The van der Waals surface area contributed by atoms with E-state index in [0.717, 1.165) is 15.0 Å². The van der Waals surface area contributed by atoms with Gasteiger partial charge in [-0.05, 0) is 48.9 Å². The molecule has 3 aromatic carbocycles. The summed E-state index contributed by atoms with van der Waals surface area (Å²) in [6.45, 7) is 4.32. The number of nitrogens with one attached hydrogen (secondary N) is 1. The lowest BCUT2D eigenvalue weighted by molar-refractivity contribution is 0.0725. The fourth-order valence-electron chi connectivity index (χ4n) is 5.07. The number of carbonyl (C=O) groups is 1. The summed E-state index contributed by atoms with van der Waals surface area (Å²) in [6, 6.07) is 24.9. The van der Waals surface area contributed by atoms with Crippen LogP contribution in [-0.4, -0.2) is 64.9 Å². The first-order chi connectivity index (χ1) is 19.8. The Kier molecular flexibility index (Phi) is 8.74. The number of rotatable bonds is 9. The fourth-order valence-corrected chi connectivity index (χ4v) is 6.53. The average molecular weight is 594 g/mol. The molecule has 0 unspecified atom stereocenters. The summed E-state index contributed by atoms with van der Waals surface area (Å²) in [7, 11) is -3.92. The molecule has 4 aromatic rings. The number of amides is 1. The highest BCUT2D eigenvalue weighted by molar-refractivity contribution is 7.90. The van der Waals surface area contributed by atoms with Crippen molar-refractivity contribution >= 4 is 27.7 Å². The van der Waals surface area contributed by atoms with Gasteiger partial charge in [0, 0.05) is 44.8 Å². The van der Waals surface area contributed by atoms with Gasteiger partial charge in [0.1, 0.15) is 5.69 Å². The average Bonchev–Trinajstić information content (AvgIpc) is 3.29. The molecule has 1 fully saturated rings. The van der Waals surface area contributed by atoms with Gasteiger partial charge in [0.25, 0.3) is 15.9 Å². The molecule has 2 heterocycles. The molecular formula is C30H32ClN5O4S. The summed E-state index contributed by atoms with van der Waals surface area (Å²) in [4.78, 5) is 30.2. The Morgan fingerprint density at radius 2 is 1.54 bits per heavy atom. The van der Waals surface area contributed by atoms with Crippen molar-refractivity contribution in [3.63, 3.8) is 0 Å². The van der Waals surface area contributed by atoms with Gasteiger partial charge in [0.15, 0.2) is 0 Å². The van der Waals surface area contributed by atoms with Crippen molar-refractivity contribution in [3.05, 3.63) is 107 Å². The van der Waals surface area contributed by atoms with Crippen molar-refractivity contribution in [2.24, 2.45) is 0 Å². The maximum atomic E-state index is 14.2. The lowest BCUT2D eigenvalue weighted by Crippen LogP contribution is -2.47. The van der Waals surface area contributed by atoms with E-state index in [0.29, 0.717) is 37.6 Å². The number of para-hydroxylation sites is 1. The summed E-state index contributed by atoms with van der Waals surface area (Å²) in [5, 5.41) is 3.26. The van der Waals surface area contributed by atoms with Crippen LogP contribution in [-0.2, 0) is 16.6 Å². The topological polar surface area (TPSA) is 96.7 Å². The number of nitrogens with zero attached hydrogens (tertiary/aromatic N) is 4. The number of imidazole rings is 1. The van der Waals surface area contributed by atoms with Crippen LogP contribution in [0.15, 0.2) is 94.6 Å². The van der Waals surface area contributed by atoms with Crippen LogP contribution in [0.1, 0.15) is 22.5 Å². The number of aromatic nitrogens is 2. The first kappa shape index (κ1) is 28.8. The van der Waals surface area contributed by atoms with Gasteiger partial charge in [-0.15, -0.1) is 3.82 Å². The molecule has 5 rings (SSSR count). The number of hydrogen-bond acceptors (Lipinski definition) is 5. The molecule has 1 N–H and O–H groups in total. The van der Waals surface area contributed by atoms with E-state index in [1.54, 1.807) is 27.7 Å². The Bertz CT molecular complexity index is 1680. The van der Waals surface area contributed by atoms with Crippen LogP contribution in [0.4, 0.5) is 0 Å². The third kappa shape index (κ3) is 5.87. The van der Waals surface area contributed by atoms with Gasteiger partial charge in [-0.3, -0.25) is 13.9 Å². The summed E-state index contributed by atoms with van der Waals surface area (Å²) in [5.41, 5.74) is 2.70. The molecule has 0 saturated carbocycles. The molecule has 214 valence electrons. The van der Waals surface area contributed by atoms with Crippen molar-refractivity contribution in [1.82, 2.24) is 23.2 Å². The molecule has 1 amide bonds. The minimum atomic E-state index is -3.92. The molecule has 1 aliphatic heterocycles. The van der Waals surface area contributed by atoms with Crippen LogP contribution in [0.3, 0.4) is 0 Å². The van der Waals surface area contributed by atoms with Crippen molar-refractivity contribution in [1.29, 1.82) is 0 Å². The maximum Gasteiger partial charge on any atom is 0.333 e. The minimum Gasteiger partial charge on any atom is -0.335 e. The van der Waals surface area contributed by atoms with E-state index in [1.807, 2.05) is 61.5 Å². The van der Waals surface area contributed by atoms with Crippen molar-refractivity contribution in [2.45, 2.75) is 24.8 Å². The van der Waals surface area contributed by atoms with Crippen molar-refractivity contribution < 1.29 is 13.2 Å². The van der Waals surface area contributed by atoms with Crippen LogP contribution in [0.5, 0.6) is 0 Å². The Balaban J connectivity index is 1.59. The summed E-state index contributed by atoms with van der Waals surface area (Å²) >= 11 is 6.26. The number of piperazine rings is 1. The molecule has 0 spiro atoms. The quantitative estimate of drug-likeness (QED) is 0.297. The molecule has 9 nitrogen and oxygen atoms in total. The number of benzene rings is 3. The predicted octanol–water partition coefficient (Wildman–Crippen LogP) is 3.89.